The van der Waals surface area contributed by atoms with Crippen LogP contribution in [-0.2, 0) is 19.2 Å². The number of carboxylic acid groups (broad SMARTS) is 1. The first-order valence-corrected chi connectivity index (χ1v) is 13.1. The number of carboxylic acids is 1. The lowest BCUT2D eigenvalue weighted by atomic mass is 9.91. The molecule has 2 aromatic rings. The van der Waals surface area contributed by atoms with E-state index in [-0.39, 0.29) is 6.41 Å². The number of thioether (sulfide) groups is 1. The molecule has 0 spiro atoms. The Morgan fingerprint density at radius 1 is 1.13 bits per heavy atom. The molecule has 2 fully saturated rings. The normalized spacial score (nSPS) is 23.9. The Hall–Kier alpha value is -3.91. The van der Waals surface area contributed by atoms with Crippen molar-refractivity contribution in [3.8, 4) is 0 Å². The molecule has 0 saturated carbocycles. The van der Waals surface area contributed by atoms with Gasteiger partial charge in [-0.2, -0.15) is 0 Å². The van der Waals surface area contributed by atoms with Crippen molar-refractivity contribution in [3.63, 3.8) is 0 Å². The van der Waals surface area contributed by atoms with Crippen LogP contribution in [0.1, 0.15) is 35.1 Å². The molecular weight excluding hydrogens is 534 g/mol. The third kappa shape index (κ3) is 4.49. The monoisotopic (exact) mass is 559 g/mol. The van der Waals surface area contributed by atoms with Crippen molar-refractivity contribution in [2.45, 2.75) is 41.7 Å². The van der Waals surface area contributed by atoms with Crippen LogP contribution in [0.25, 0.3) is 0 Å². The third-order valence-electron chi connectivity index (χ3n) is 6.39. The molecule has 4 rings (SSSR count). The highest BCUT2D eigenvalue weighted by Crippen LogP contribution is 2.54. The summed E-state index contributed by atoms with van der Waals surface area (Å²) in [6.45, 7) is 3.31. The van der Waals surface area contributed by atoms with Crippen molar-refractivity contribution < 1.29 is 33.9 Å². The summed E-state index contributed by atoms with van der Waals surface area (Å²) in [7, 11) is 1.27. The lowest BCUT2D eigenvalue weighted by Crippen LogP contribution is -2.85. The molecule has 1 unspecified atom stereocenters. The molecule has 4 N–H and O–H groups in total. The molecule has 14 heteroatoms. The second kappa shape index (κ2) is 10.1. The number of hydrogen-bond acceptors (Lipinski definition) is 8. The fourth-order valence-corrected chi connectivity index (χ4v) is 6.88. The Morgan fingerprint density at radius 3 is 2.39 bits per heavy atom. The lowest BCUT2D eigenvalue weighted by Gasteiger charge is -2.52. The maximum absolute atomic E-state index is 13.6. The molecule has 38 heavy (non-hydrogen) atoms. The number of benzene rings is 1. The topological polar surface area (TPSA) is 165 Å². The van der Waals surface area contributed by atoms with Gasteiger partial charge in [0.05, 0.1) is 4.88 Å². The molecule has 1 aromatic carbocycles. The number of thiophene rings is 1. The van der Waals surface area contributed by atoms with Crippen LogP contribution in [0.4, 0.5) is 4.79 Å². The number of β-lactam (4-membered cyclic amide) rings is 1. The molecule has 3 heterocycles. The van der Waals surface area contributed by atoms with Gasteiger partial charge in [-0.1, -0.05) is 36.4 Å². The van der Waals surface area contributed by atoms with Crippen molar-refractivity contribution >= 4 is 59.2 Å². The number of nitrogens with zero attached hydrogens (tertiary/aromatic N) is 2. The zero-order valence-electron chi connectivity index (χ0n) is 20.5. The van der Waals surface area contributed by atoms with Gasteiger partial charge < -0.3 is 26.0 Å². The van der Waals surface area contributed by atoms with Crippen LogP contribution in [0.3, 0.4) is 0 Å². The van der Waals surface area contributed by atoms with Gasteiger partial charge in [0.25, 0.3) is 11.8 Å². The number of nitrogens with one attached hydrogen (secondary N) is 3. The van der Waals surface area contributed by atoms with Gasteiger partial charge in [-0.3, -0.25) is 24.1 Å². The molecule has 0 bridgehead atoms. The minimum atomic E-state index is -1.93. The highest BCUT2D eigenvalue weighted by Gasteiger charge is 2.72. The van der Waals surface area contributed by atoms with Gasteiger partial charge in [0, 0.05) is 11.8 Å². The average Bonchev–Trinajstić information content (AvgIpc) is 3.51. The summed E-state index contributed by atoms with van der Waals surface area (Å²) in [5, 5.41) is 17.9. The first kappa shape index (κ1) is 27.1. The summed E-state index contributed by atoms with van der Waals surface area (Å²) in [6.07, 6.45) is 0.251. The maximum atomic E-state index is 13.6. The molecule has 2 aliphatic heterocycles. The molecule has 6 amide bonds. The summed E-state index contributed by atoms with van der Waals surface area (Å²) in [6, 6.07) is 7.98. The van der Waals surface area contributed by atoms with E-state index >= 15 is 0 Å². The largest absolute Gasteiger partial charge is 0.480 e. The Bertz CT molecular complexity index is 1290. The summed E-state index contributed by atoms with van der Waals surface area (Å²) in [5.41, 5.74) is -1.58. The fraction of sp³-hybridized carbons (Fsp3) is 0.333. The molecule has 12 nitrogen and oxygen atoms in total. The minimum absolute atomic E-state index is 0.251. The van der Waals surface area contributed by atoms with Gasteiger partial charge in [-0.25, -0.2) is 9.59 Å². The van der Waals surface area contributed by atoms with Gasteiger partial charge in [0.15, 0.2) is 0 Å². The maximum Gasteiger partial charge on any atom is 0.327 e. The van der Waals surface area contributed by atoms with Crippen molar-refractivity contribution in [2.75, 3.05) is 7.05 Å². The van der Waals surface area contributed by atoms with Crippen LogP contribution in [0.15, 0.2) is 47.8 Å². The first-order valence-electron chi connectivity index (χ1n) is 11.4. The number of amides is 6. The number of aliphatic carboxylic acids is 1. The quantitative estimate of drug-likeness (QED) is 0.211. The van der Waals surface area contributed by atoms with E-state index in [9.17, 15) is 33.9 Å². The van der Waals surface area contributed by atoms with E-state index in [2.05, 4.69) is 16.0 Å². The van der Waals surface area contributed by atoms with E-state index < -0.39 is 57.6 Å². The number of imide groups is 1. The zero-order chi connectivity index (χ0) is 27.8. The van der Waals surface area contributed by atoms with Crippen LogP contribution in [0.5, 0.6) is 0 Å². The SMILES string of the molecule is CN(C(=O)NC(C(=O)N[C@]1(NC=O)C(=O)N2[C@@H](C(=O)O)C(C)(C)S[C@@H]21)c1ccccc1)C(=O)c1cccs1. The highest BCUT2D eigenvalue weighted by atomic mass is 32.2. The number of carbonyl (C=O) groups excluding carboxylic acids is 5. The van der Waals surface area contributed by atoms with Crippen LogP contribution < -0.4 is 16.0 Å². The van der Waals surface area contributed by atoms with E-state index in [0.29, 0.717) is 10.4 Å². The zero-order valence-corrected chi connectivity index (χ0v) is 22.2. The van der Waals surface area contributed by atoms with Gasteiger partial charge in [-0.05, 0) is 30.9 Å². The Balaban J connectivity index is 1.61. The van der Waals surface area contributed by atoms with Crippen LogP contribution in [0, 0.1) is 0 Å². The second-order valence-electron chi connectivity index (χ2n) is 9.22. The Kier molecular flexibility index (Phi) is 7.21. The van der Waals surface area contributed by atoms with Crippen molar-refractivity contribution in [3.05, 3.63) is 58.3 Å². The highest BCUT2D eigenvalue weighted by molar-refractivity contribution is 8.01. The minimum Gasteiger partial charge on any atom is -0.480 e. The molecule has 2 aliphatic rings. The Morgan fingerprint density at radius 2 is 1.82 bits per heavy atom. The van der Waals surface area contributed by atoms with E-state index in [1.54, 1.807) is 61.7 Å². The molecular formula is C24H25N5O7S2. The summed E-state index contributed by atoms with van der Waals surface area (Å²) >= 11 is 2.28. The van der Waals surface area contributed by atoms with Crippen molar-refractivity contribution in [1.82, 2.24) is 25.8 Å². The predicted molar refractivity (Wildman–Crippen MR) is 138 cm³/mol. The molecule has 0 radical (unpaired) electrons. The number of hydrogen-bond donors (Lipinski definition) is 4. The standard InChI is InChI=1S/C24H25N5O7S2/c1-23(2)16(19(33)34)29-20(35)24(25-12-30,21(29)38-23)27-17(31)15(13-8-5-4-6-9-13)26-22(36)28(3)18(32)14-10-7-11-37-14/h4-12,15-16,21H,1-3H3,(H,25,30)(H,26,36)(H,27,31)(H,33,34)/t15?,16-,21+,24+/m0/s1. The number of rotatable bonds is 8. The van der Waals surface area contributed by atoms with Crippen LogP contribution in [0.2, 0.25) is 0 Å². The fourth-order valence-electron chi connectivity index (χ4n) is 4.53. The van der Waals surface area contributed by atoms with Crippen molar-refractivity contribution in [2.24, 2.45) is 0 Å². The molecule has 2 saturated heterocycles. The van der Waals surface area contributed by atoms with Gasteiger partial charge in [-0.15, -0.1) is 23.1 Å². The summed E-state index contributed by atoms with van der Waals surface area (Å²) < 4.78 is -0.916. The Labute approximate surface area is 225 Å². The van der Waals surface area contributed by atoms with Gasteiger partial charge in [0.1, 0.15) is 17.5 Å². The predicted octanol–water partition coefficient (Wildman–Crippen LogP) is 0.976. The molecule has 4 atom stereocenters. The first-order chi connectivity index (χ1) is 17.9. The number of fused-ring (bicyclic) bond motifs is 1. The van der Waals surface area contributed by atoms with Gasteiger partial charge >= 0.3 is 12.0 Å². The van der Waals surface area contributed by atoms with E-state index in [1.165, 1.54) is 7.05 Å². The molecule has 1 aromatic heterocycles. The lowest BCUT2D eigenvalue weighted by molar-refractivity contribution is -0.172. The number of urea groups is 1. The van der Waals surface area contributed by atoms with E-state index in [0.717, 1.165) is 32.9 Å². The molecule has 0 aliphatic carbocycles. The van der Waals surface area contributed by atoms with Crippen molar-refractivity contribution in [1.29, 1.82) is 0 Å². The smallest absolute Gasteiger partial charge is 0.327 e. The van der Waals surface area contributed by atoms with E-state index in [4.69, 9.17) is 0 Å². The number of carbonyl (C=O) groups is 6. The van der Waals surface area contributed by atoms with Crippen LogP contribution in [-0.4, -0.2) is 79.9 Å². The summed E-state index contributed by atoms with van der Waals surface area (Å²) in [5.74, 6) is -3.42. The van der Waals surface area contributed by atoms with Crippen LogP contribution >= 0.6 is 23.1 Å². The van der Waals surface area contributed by atoms with Gasteiger partial charge in [0.2, 0.25) is 18.0 Å². The summed E-state index contributed by atoms with van der Waals surface area (Å²) in [4.78, 5) is 78.2. The molecule has 200 valence electrons. The third-order valence-corrected chi connectivity index (χ3v) is 8.88. The van der Waals surface area contributed by atoms with E-state index in [1.807, 2.05) is 0 Å². The average molecular weight is 560 g/mol. The second-order valence-corrected chi connectivity index (χ2v) is 11.9.